The number of halogens is 1. The molecule has 4 heteroatoms. The summed E-state index contributed by atoms with van der Waals surface area (Å²) in [4.78, 5) is 12.6. The van der Waals surface area contributed by atoms with Gasteiger partial charge in [-0.05, 0) is 48.2 Å². The van der Waals surface area contributed by atoms with Crippen molar-refractivity contribution in [3.05, 3.63) is 69.7 Å². The molecule has 0 heterocycles. The average Bonchev–Trinajstić information content (AvgIpc) is 3.35. The zero-order valence-electron chi connectivity index (χ0n) is 12.0. The Hall–Kier alpha value is -2.12. The van der Waals surface area contributed by atoms with Gasteiger partial charge in [0.05, 0.1) is 17.0 Å². The first kappa shape index (κ1) is 14.8. The van der Waals surface area contributed by atoms with Crippen LogP contribution >= 0.6 is 15.9 Å². The molecule has 3 nitrogen and oxygen atoms in total. The van der Waals surface area contributed by atoms with Gasteiger partial charge < -0.3 is 5.32 Å². The van der Waals surface area contributed by atoms with E-state index >= 15 is 0 Å². The Kier molecular flexibility index (Phi) is 4.00. The van der Waals surface area contributed by atoms with Gasteiger partial charge in [0.25, 0.3) is 0 Å². The molecule has 0 saturated heterocycles. The molecule has 1 N–H and O–H groups in total. The zero-order chi connectivity index (χ0) is 15.6. The largest absolute Gasteiger partial charge is 0.351 e. The Labute approximate surface area is 138 Å². The molecule has 0 spiro atoms. The maximum absolute atomic E-state index is 12.6. The van der Waals surface area contributed by atoms with Gasteiger partial charge in [-0.15, -0.1) is 0 Å². The number of hydrogen-bond donors (Lipinski definition) is 1. The third kappa shape index (κ3) is 2.90. The van der Waals surface area contributed by atoms with E-state index in [0.29, 0.717) is 12.1 Å². The molecule has 1 saturated carbocycles. The lowest BCUT2D eigenvalue weighted by molar-refractivity contribution is -0.123. The van der Waals surface area contributed by atoms with Crippen molar-refractivity contribution < 1.29 is 4.79 Å². The van der Waals surface area contributed by atoms with E-state index in [9.17, 15) is 4.79 Å². The van der Waals surface area contributed by atoms with E-state index in [0.717, 1.165) is 28.4 Å². The molecule has 0 atom stereocenters. The molecule has 0 aromatic heterocycles. The van der Waals surface area contributed by atoms with Crippen LogP contribution in [0.4, 0.5) is 0 Å². The van der Waals surface area contributed by atoms with Crippen molar-refractivity contribution in [2.75, 3.05) is 0 Å². The van der Waals surface area contributed by atoms with Crippen molar-refractivity contribution >= 4 is 21.8 Å². The standard InChI is InChI=1S/C18H15BrN2O/c19-16-6-2-5-15(10-16)18(7-8-18)17(22)21-12-14-4-1-3-13(9-14)11-20/h1-6,9-10H,7-8,12H2,(H,21,22). The van der Waals surface area contributed by atoms with Gasteiger partial charge in [-0.25, -0.2) is 0 Å². The highest BCUT2D eigenvalue weighted by atomic mass is 79.9. The minimum absolute atomic E-state index is 0.0629. The molecule has 22 heavy (non-hydrogen) atoms. The molecule has 2 aromatic rings. The van der Waals surface area contributed by atoms with Gasteiger partial charge in [-0.1, -0.05) is 40.2 Å². The maximum atomic E-state index is 12.6. The first-order valence-corrected chi connectivity index (χ1v) is 7.97. The summed E-state index contributed by atoms with van der Waals surface area (Å²) in [6.45, 7) is 0.449. The van der Waals surface area contributed by atoms with Crippen LogP contribution in [0.3, 0.4) is 0 Å². The van der Waals surface area contributed by atoms with Crippen LogP contribution in [0.15, 0.2) is 53.0 Å². The minimum Gasteiger partial charge on any atom is -0.351 e. The van der Waals surface area contributed by atoms with E-state index in [4.69, 9.17) is 5.26 Å². The Bertz CT molecular complexity index is 760. The predicted molar refractivity (Wildman–Crippen MR) is 88.1 cm³/mol. The van der Waals surface area contributed by atoms with Crippen LogP contribution < -0.4 is 5.32 Å². The van der Waals surface area contributed by atoms with Crippen molar-refractivity contribution in [3.8, 4) is 6.07 Å². The molecule has 0 unspecified atom stereocenters. The van der Waals surface area contributed by atoms with Gasteiger partial charge in [0.2, 0.25) is 5.91 Å². The SMILES string of the molecule is N#Cc1cccc(CNC(=O)C2(c3cccc(Br)c3)CC2)c1. The Morgan fingerprint density at radius 3 is 2.68 bits per heavy atom. The molecule has 110 valence electrons. The van der Waals surface area contributed by atoms with Crippen molar-refractivity contribution in [2.45, 2.75) is 24.8 Å². The number of rotatable bonds is 4. The third-order valence-corrected chi connectivity index (χ3v) is 4.56. The smallest absolute Gasteiger partial charge is 0.230 e. The lowest BCUT2D eigenvalue weighted by atomic mass is 9.95. The maximum Gasteiger partial charge on any atom is 0.230 e. The number of hydrogen-bond acceptors (Lipinski definition) is 2. The fraction of sp³-hybridized carbons (Fsp3) is 0.222. The minimum atomic E-state index is -0.378. The molecule has 2 aromatic carbocycles. The topological polar surface area (TPSA) is 52.9 Å². The van der Waals surface area contributed by atoms with Gasteiger partial charge >= 0.3 is 0 Å². The van der Waals surface area contributed by atoms with E-state index in [1.54, 1.807) is 12.1 Å². The fourth-order valence-corrected chi connectivity index (χ4v) is 3.06. The lowest BCUT2D eigenvalue weighted by Crippen LogP contribution is -2.34. The molecule has 0 radical (unpaired) electrons. The Balaban J connectivity index is 1.71. The number of amides is 1. The van der Waals surface area contributed by atoms with Crippen molar-refractivity contribution in [2.24, 2.45) is 0 Å². The summed E-state index contributed by atoms with van der Waals surface area (Å²) in [5.41, 5.74) is 2.24. The summed E-state index contributed by atoms with van der Waals surface area (Å²) in [6.07, 6.45) is 1.76. The number of carbonyl (C=O) groups is 1. The predicted octanol–water partition coefficient (Wildman–Crippen LogP) is 3.67. The van der Waals surface area contributed by atoms with Gasteiger partial charge in [-0.3, -0.25) is 4.79 Å². The van der Waals surface area contributed by atoms with Crippen molar-refractivity contribution in [1.82, 2.24) is 5.32 Å². The summed E-state index contributed by atoms with van der Waals surface area (Å²) in [7, 11) is 0. The molecule has 1 aliphatic carbocycles. The first-order chi connectivity index (χ1) is 10.6. The number of nitriles is 1. The molecule has 0 aliphatic heterocycles. The second-order valence-electron chi connectivity index (χ2n) is 5.59. The summed E-state index contributed by atoms with van der Waals surface area (Å²) in [5, 5.41) is 11.9. The van der Waals surface area contributed by atoms with E-state index in [2.05, 4.69) is 27.3 Å². The first-order valence-electron chi connectivity index (χ1n) is 7.17. The Morgan fingerprint density at radius 1 is 1.23 bits per heavy atom. The second kappa shape index (κ2) is 5.94. The number of carbonyl (C=O) groups excluding carboxylic acids is 1. The summed E-state index contributed by atoms with van der Waals surface area (Å²) >= 11 is 3.46. The summed E-state index contributed by atoms with van der Waals surface area (Å²) < 4.78 is 0.991. The van der Waals surface area contributed by atoms with Gasteiger partial charge in [0.15, 0.2) is 0 Å². The normalized spacial score (nSPS) is 14.9. The number of nitrogens with zero attached hydrogens (tertiary/aromatic N) is 1. The highest BCUT2D eigenvalue weighted by Crippen LogP contribution is 2.48. The quantitative estimate of drug-likeness (QED) is 0.910. The fourth-order valence-electron chi connectivity index (χ4n) is 2.66. The van der Waals surface area contributed by atoms with E-state index in [-0.39, 0.29) is 11.3 Å². The zero-order valence-corrected chi connectivity index (χ0v) is 13.6. The molecule has 1 fully saturated rings. The highest BCUT2D eigenvalue weighted by molar-refractivity contribution is 9.10. The molecular formula is C18H15BrN2O. The van der Waals surface area contributed by atoms with E-state index in [1.165, 1.54) is 0 Å². The lowest BCUT2D eigenvalue weighted by Gasteiger charge is -2.16. The van der Waals surface area contributed by atoms with Crippen LogP contribution in [0.25, 0.3) is 0 Å². The van der Waals surface area contributed by atoms with Crippen LogP contribution in [0.2, 0.25) is 0 Å². The third-order valence-electron chi connectivity index (χ3n) is 4.07. The monoisotopic (exact) mass is 354 g/mol. The highest BCUT2D eigenvalue weighted by Gasteiger charge is 2.51. The van der Waals surface area contributed by atoms with Gasteiger partial charge in [0.1, 0.15) is 0 Å². The van der Waals surface area contributed by atoms with Crippen LogP contribution in [0.5, 0.6) is 0 Å². The molecule has 3 rings (SSSR count). The van der Waals surface area contributed by atoms with Crippen LogP contribution in [-0.2, 0) is 16.8 Å². The molecule has 0 bridgehead atoms. The van der Waals surface area contributed by atoms with Crippen molar-refractivity contribution in [1.29, 1.82) is 5.26 Å². The second-order valence-corrected chi connectivity index (χ2v) is 6.50. The molecule has 1 aliphatic rings. The van der Waals surface area contributed by atoms with E-state index < -0.39 is 0 Å². The number of benzene rings is 2. The van der Waals surface area contributed by atoms with Crippen LogP contribution in [-0.4, -0.2) is 5.91 Å². The van der Waals surface area contributed by atoms with Crippen LogP contribution in [0.1, 0.15) is 29.5 Å². The molecule has 1 amide bonds. The number of nitrogens with one attached hydrogen (secondary N) is 1. The van der Waals surface area contributed by atoms with Crippen LogP contribution in [0, 0.1) is 11.3 Å². The van der Waals surface area contributed by atoms with E-state index in [1.807, 2.05) is 36.4 Å². The van der Waals surface area contributed by atoms with Crippen molar-refractivity contribution in [3.63, 3.8) is 0 Å². The average molecular weight is 355 g/mol. The summed E-state index contributed by atoms with van der Waals surface area (Å²) in [6, 6.07) is 17.4. The van der Waals surface area contributed by atoms with Gasteiger partial charge in [-0.2, -0.15) is 5.26 Å². The van der Waals surface area contributed by atoms with Gasteiger partial charge in [0, 0.05) is 11.0 Å². The summed E-state index contributed by atoms with van der Waals surface area (Å²) in [5.74, 6) is 0.0629. The Morgan fingerprint density at radius 2 is 2.00 bits per heavy atom. The molecular weight excluding hydrogens is 340 g/mol.